The second kappa shape index (κ2) is 11.8. The number of nitrogens with one attached hydrogen (secondary N) is 1. The summed E-state index contributed by atoms with van der Waals surface area (Å²) in [5.41, 5.74) is 8.97. The van der Waals surface area contributed by atoms with Gasteiger partial charge in [-0.1, -0.05) is 30.3 Å². The summed E-state index contributed by atoms with van der Waals surface area (Å²) in [6.45, 7) is 0.781. The molecule has 0 bridgehead atoms. The van der Waals surface area contributed by atoms with E-state index in [9.17, 15) is 0 Å². The van der Waals surface area contributed by atoms with Gasteiger partial charge in [-0.2, -0.15) is 4.98 Å². The third-order valence-electron chi connectivity index (χ3n) is 4.46. The maximum atomic E-state index is 6.14. The number of nitrogens with two attached hydrogens (primary N) is 1. The van der Waals surface area contributed by atoms with Crippen molar-refractivity contribution in [1.82, 2.24) is 9.97 Å². The van der Waals surface area contributed by atoms with Crippen LogP contribution in [0.2, 0.25) is 0 Å². The number of hydrogen-bond acceptors (Lipinski definition) is 8. The highest BCUT2D eigenvalue weighted by atomic mass is 35.5. The predicted molar refractivity (Wildman–Crippen MR) is 122 cm³/mol. The average Bonchev–Trinajstić information content (AvgIpc) is 2.78. The fraction of sp³-hybridized carbons (Fsp3) is 0.273. The SMILES string of the molecule is COc1cc(Cc2cnc(NCOCc3ccccc3)nc2N)cc(OC)c1OC.Cl. The Labute approximate surface area is 188 Å². The minimum absolute atomic E-state index is 0. The van der Waals surface area contributed by atoms with Gasteiger partial charge in [-0.25, -0.2) is 4.98 Å². The van der Waals surface area contributed by atoms with Gasteiger partial charge in [0.25, 0.3) is 0 Å². The van der Waals surface area contributed by atoms with Crippen molar-refractivity contribution in [3.05, 3.63) is 65.4 Å². The molecule has 0 radical (unpaired) electrons. The Balaban J connectivity index is 0.00000341. The van der Waals surface area contributed by atoms with Crippen molar-refractivity contribution in [1.29, 1.82) is 0 Å². The number of nitrogen functional groups attached to an aromatic ring is 1. The van der Waals surface area contributed by atoms with Gasteiger partial charge in [0.2, 0.25) is 11.7 Å². The minimum Gasteiger partial charge on any atom is -0.493 e. The molecule has 1 heterocycles. The molecule has 0 aliphatic rings. The summed E-state index contributed by atoms with van der Waals surface area (Å²) in [5.74, 6) is 2.52. The molecule has 9 heteroatoms. The highest BCUT2D eigenvalue weighted by Gasteiger charge is 2.14. The Morgan fingerprint density at radius 3 is 2.19 bits per heavy atom. The zero-order chi connectivity index (χ0) is 21.3. The molecule has 2 aromatic carbocycles. The van der Waals surface area contributed by atoms with Gasteiger partial charge in [0.15, 0.2) is 11.5 Å². The van der Waals surface area contributed by atoms with Crippen LogP contribution in [0.4, 0.5) is 11.8 Å². The smallest absolute Gasteiger partial charge is 0.226 e. The van der Waals surface area contributed by atoms with Gasteiger partial charge in [0, 0.05) is 18.2 Å². The Bertz CT molecular complexity index is 948. The Kier molecular flexibility index (Phi) is 9.17. The molecule has 166 valence electrons. The van der Waals surface area contributed by atoms with Gasteiger partial charge in [0.05, 0.1) is 27.9 Å². The van der Waals surface area contributed by atoms with E-state index in [4.69, 9.17) is 24.7 Å². The van der Waals surface area contributed by atoms with Gasteiger partial charge in [-0.3, -0.25) is 0 Å². The number of methoxy groups -OCH3 is 3. The molecule has 3 N–H and O–H groups in total. The van der Waals surface area contributed by atoms with E-state index >= 15 is 0 Å². The third kappa shape index (κ3) is 6.37. The molecule has 0 saturated carbocycles. The average molecular weight is 447 g/mol. The first-order chi connectivity index (χ1) is 14.6. The quantitative estimate of drug-likeness (QED) is 0.359. The number of rotatable bonds is 10. The molecule has 1 aromatic heterocycles. The van der Waals surface area contributed by atoms with E-state index in [-0.39, 0.29) is 19.1 Å². The first-order valence-corrected chi connectivity index (χ1v) is 9.40. The molecule has 0 aliphatic carbocycles. The number of hydrogen-bond donors (Lipinski definition) is 2. The molecule has 0 amide bonds. The molecule has 0 atom stereocenters. The lowest BCUT2D eigenvalue weighted by molar-refractivity contribution is 0.138. The van der Waals surface area contributed by atoms with Crippen LogP contribution in [0.1, 0.15) is 16.7 Å². The van der Waals surface area contributed by atoms with Crippen LogP contribution in [0.5, 0.6) is 17.2 Å². The number of aromatic nitrogens is 2. The molecule has 8 nitrogen and oxygen atoms in total. The normalized spacial score (nSPS) is 10.2. The molecule has 0 fully saturated rings. The molecule has 0 spiro atoms. The molecular formula is C22H27ClN4O4. The Hall–Kier alpha value is -3.23. The largest absolute Gasteiger partial charge is 0.493 e. The van der Waals surface area contributed by atoms with E-state index in [1.165, 1.54) is 0 Å². The van der Waals surface area contributed by atoms with Crippen LogP contribution in [0.15, 0.2) is 48.7 Å². The van der Waals surface area contributed by atoms with Crippen molar-refractivity contribution in [2.24, 2.45) is 0 Å². The van der Waals surface area contributed by atoms with Gasteiger partial charge in [-0.05, 0) is 23.3 Å². The van der Waals surface area contributed by atoms with Crippen LogP contribution >= 0.6 is 12.4 Å². The van der Waals surface area contributed by atoms with Crippen LogP contribution in [0, 0.1) is 0 Å². The molecular weight excluding hydrogens is 420 g/mol. The number of ether oxygens (including phenoxy) is 4. The van der Waals surface area contributed by atoms with Crippen LogP contribution in [-0.4, -0.2) is 38.0 Å². The van der Waals surface area contributed by atoms with Gasteiger partial charge >= 0.3 is 0 Å². The zero-order valence-corrected chi connectivity index (χ0v) is 18.6. The maximum absolute atomic E-state index is 6.14. The van der Waals surface area contributed by atoms with E-state index < -0.39 is 0 Å². The summed E-state index contributed by atoms with van der Waals surface area (Å²) in [4.78, 5) is 8.65. The van der Waals surface area contributed by atoms with Crippen LogP contribution < -0.4 is 25.3 Å². The fourth-order valence-corrected chi connectivity index (χ4v) is 2.96. The highest BCUT2D eigenvalue weighted by molar-refractivity contribution is 5.85. The van der Waals surface area contributed by atoms with E-state index in [0.717, 1.165) is 16.7 Å². The van der Waals surface area contributed by atoms with E-state index in [1.807, 2.05) is 42.5 Å². The summed E-state index contributed by atoms with van der Waals surface area (Å²) in [6.07, 6.45) is 2.22. The van der Waals surface area contributed by atoms with E-state index in [2.05, 4.69) is 15.3 Å². The lowest BCUT2D eigenvalue weighted by atomic mass is 10.1. The lowest BCUT2D eigenvalue weighted by Crippen LogP contribution is -2.11. The molecule has 3 aromatic rings. The monoisotopic (exact) mass is 446 g/mol. The summed E-state index contributed by atoms with van der Waals surface area (Å²) >= 11 is 0. The summed E-state index contributed by atoms with van der Waals surface area (Å²) in [7, 11) is 4.74. The number of anilines is 2. The van der Waals surface area contributed by atoms with Crippen LogP contribution in [0.3, 0.4) is 0 Å². The maximum Gasteiger partial charge on any atom is 0.226 e. The Morgan fingerprint density at radius 2 is 1.61 bits per heavy atom. The Morgan fingerprint density at radius 1 is 0.935 bits per heavy atom. The molecule has 31 heavy (non-hydrogen) atoms. The minimum atomic E-state index is 0. The van der Waals surface area contributed by atoms with Crippen molar-refractivity contribution in [3.63, 3.8) is 0 Å². The highest BCUT2D eigenvalue weighted by Crippen LogP contribution is 2.38. The molecule has 0 aliphatic heterocycles. The van der Waals surface area contributed by atoms with Gasteiger partial charge < -0.3 is 30.0 Å². The van der Waals surface area contributed by atoms with Gasteiger partial charge in [-0.15, -0.1) is 12.4 Å². The second-order valence-corrected chi connectivity index (χ2v) is 6.47. The van der Waals surface area contributed by atoms with Crippen molar-refractivity contribution >= 4 is 24.2 Å². The number of halogens is 1. The lowest BCUT2D eigenvalue weighted by Gasteiger charge is -2.14. The third-order valence-corrected chi connectivity index (χ3v) is 4.46. The zero-order valence-electron chi connectivity index (χ0n) is 17.8. The van der Waals surface area contributed by atoms with Crippen molar-refractivity contribution in [2.45, 2.75) is 13.0 Å². The second-order valence-electron chi connectivity index (χ2n) is 6.47. The summed E-state index contributed by atoms with van der Waals surface area (Å²) < 4.78 is 21.8. The van der Waals surface area contributed by atoms with Crippen LogP contribution in [0.25, 0.3) is 0 Å². The number of benzene rings is 2. The van der Waals surface area contributed by atoms with Crippen molar-refractivity contribution in [2.75, 3.05) is 39.1 Å². The van der Waals surface area contributed by atoms with Gasteiger partial charge in [0.1, 0.15) is 12.5 Å². The first-order valence-electron chi connectivity index (χ1n) is 9.40. The standard InChI is InChI=1S/C22H26N4O4.ClH/c1-27-18-10-16(11-19(28-2)20(18)29-3)9-17-12-24-22(26-21(17)23)25-14-30-13-15-7-5-4-6-8-15;/h4-8,10-12H,9,13-14H2,1-3H3,(H3,23,24,25,26);1H. The first kappa shape index (κ1) is 24.0. The molecule has 0 unspecified atom stereocenters. The fourth-order valence-electron chi connectivity index (χ4n) is 2.96. The summed E-state index contributed by atoms with van der Waals surface area (Å²) in [6, 6.07) is 13.7. The van der Waals surface area contributed by atoms with E-state index in [1.54, 1.807) is 27.5 Å². The van der Waals surface area contributed by atoms with Crippen molar-refractivity contribution in [3.8, 4) is 17.2 Å². The molecule has 3 rings (SSSR count). The van der Waals surface area contributed by atoms with Crippen molar-refractivity contribution < 1.29 is 18.9 Å². The molecule has 0 saturated heterocycles. The predicted octanol–water partition coefficient (Wildman–Crippen LogP) is 3.68. The number of nitrogens with zero attached hydrogens (tertiary/aromatic N) is 2. The summed E-state index contributed by atoms with van der Waals surface area (Å²) in [5, 5.41) is 3.02. The van der Waals surface area contributed by atoms with Crippen LogP contribution in [-0.2, 0) is 17.8 Å². The topological polar surface area (TPSA) is 101 Å². The van der Waals surface area contributed by atoms with E-state index in [0.29, 0.717) is 42.0 Å².